The van der Waals surface area contributed by atoms with Gasteiger partial charge in [-0.15, -0.1) is 0 Å². The Balaban J connectivity index is 1.94. The Labute approximate surface area is 153 Å². The molecule has 0 aromatic heterocycles. The molecule has 6 heteroatoms. The molecule has 1 aromatic carbocycles. The van der Waals surface area contributed by atoms with Crippen LogP contribution in [-0.4, -0.2) is 24.6 Å². The van der Waals surface area contributed by atoms with E-state index in [-0.39, 0.29) is 11.8 Å². The predicted octanol–water partition coefficient (Wildman–Crippen LogP) is 3.26. The van der Waals surface area contributed by atoms with Crippen LogP contribution in [0.15, 0.2) is 29.5 Å². The summed E-state index contributed by atoms with van der Waals surface area (Å²) < 4.78 is 11.3. The molecule has 1 aliphatic carbocycles. The van der Waals surface area contributed by atoms with Gasteiger partial charge < -0.3 is 20.1 Å². The third-order valence-corrected chi connectivity index (χ3v) is 4.60. The number of carbonyl (C=O) groups is 1. The van der Waals surface area contributed by atoms with Crippen molar-refractivity contribution in [1.29, 1.82) is 0 Å². The Morgan fingerprint density at radius 3 is 2.80 bits per heavy atom. The van der Waals surface area contributed by atoms with Crippen LogP contribution >= 0.6 is 12.2 Å². The van der Waals surface area contributed by atoms with Crippen LogP contribution in [-0.2, 0) is 4.79 Å². The van der Waals surface area contributed by atoms with E-state index in [0.29, 0.717) is 35.6 Å². The van der Waals surface area contributed by atoms with Crippen LogP contribution in [0.3, 0.4) is 0 Å². The van der Waals surface area contributed by atoms with E-state index in [1.54, 1.807) is 7.11 Å². The van der Waals surface area contributed by atoms with Gasteiger partial charge in [0.25, 0.3) is 0 Å². The number of thiocarbonyl (C=S) groups is 1. The predicted molar refractivity (Wildman–Crippen MR) is 101 cm³/mol. The van der Waals surface area contributed by atoms with Gasteiger partial charge in [0.1, 0.15) is 0 Å². The first-order valence-corrected chi connectivity index (χ1v) is 9.05. The number of benzene rings is 1. The van der Waals surface area contributed by atoms with Crippen LogP contribution in [0.1, 0.15) is 44.7 Å². The summed E-state index contributed by atoms with van der Waals surface area (Å²) in [6.45, 7) is 4.83. The standard InChI is InChI=1S/C19H24N2O3S/c1-11(2)10-24-15-8-7-12(9-16(15)23-3)18-17-13(20-19(25)21-18)5-4-6-14(17)22/h7-9,11,18H,4-6,10H2,1-3H3,(H2,20,21,25). The van der Waals surface area contributed by atoms with Gasteiger partial charge in [-0.3, -0.25) is 4.79 Å². The van der Waals surface area contributed by atoms with Crippen LogP contribution in [0.2, 0.25) is 0 Å². The van der Waals surface area contributed by atoms with Crippen LogP contribution in [0, 0.1) is 5.92 Å². The molecule has 0 spiro atoms. The zero-order valence-corrected chi connectivity index (χ0v) is 15.7. The molecule has 1 atom stereocenters. The van der Waals surface area contributed by atoms with Crippen molar-refractivity contribution in [3.8, 4) is 11.5 Å². The van der Waals surface area contributed by atoms with E-state index in [0.717, 1.165) is 29.7 Å². The van der Waals surface area contributed by atoms with Gasteiger partial charge in [-0.2, -0.15) is 0 Å². The topological polar surface area (TPSA) is 59.6 Å². The highest BCUT2D eigenvalue weighted by molar-refractivity contribution is 7.80. The minimum absolute atomic E-state index is 0.174. The number of ether oxygens (including phenoxy) is 2. The van der Waals surface area contributed by atoms with Gasteiger partial charge in [0.2, 0.25) is 0 Å². The molecular formula is C19H24N2O3S. The molecule has 0 radical (unpaired) electrons. The lowest BCUT2D eigenvalue weighted by Crippen LogP contribution is -2.46. The van der Waals surface area contributed by atoms with E-state index in [1.807, 2.05) is 18.2 Å². The maximum absolute atomic E-state index is 12.5. The maximum atomic E-state index is 12.5. The SMILES string of the molecule is COc1cc(C2NC(=S)NC3=C2C(=O)CCC3)ccc1OCC(C)C. The van der Waals surface area contributed by atoms with Crippen molar-refractivity contribution in [3.63, 3.8) is 0 Å². The fourth-order valence-corrected chi connectivity index (χ4v) is 3.44. The monoisotopic (exact) mass is 360 g/mol. The number of hydrogen-bond donors (Lipinski definition) is 2. The summed E-state index contributed by atoms with van der Waals surface area (Å²) in [5, 5.41) is 6.93. The lowest BCUT2D eigenvalue weighted by Gasteiger charge is -2.34. The molecule has 1 heterocycles. The van der Waals surface area contributed by atoms with Gasteiger partial charge in [-0.1, -0.05) is 19.9 Å². The minimum atomic E-state index is -0.246. The number of hydrogen-bond acceptors (Lipinski definition) is 4. The smallest absolute Gasteiger partial charge is 0.171 e. The summed E-state index contributed by atoms with van der Waals surface area (Å²) in [4.78, 5) is 12.5. The fourth-order valence-electron chi connectivity index (χ4n) is 3.19. The first kappa shape index (κ1) is 17.7. The lowest BCUT2D eigenvalue weighted by atomic mass is 9.85. The second kappa shape index (κ2) is 7.44. The summed E-state index contributed by atoms with van der Waals surface area (Å²) in [6, 6.07) is 5.55. The summed E-state index contributed by atoms with van der Waals surface area (Å²) in [5.74, 6) is 1.98. The number of rotatable bonds is 5. The number of methoxy groups -OCH3 is 1. The molecule has 0 saturated carbocycles. The van der Waals surface area contributed by atoms with Gasteiger partial charge in [-0.05, 0) is 48.7 Å². The van der Waals surface area contributed by atoms with Crippen LogP contribution in [0.5, 0.6) is 11.5 Å². The van der Waals surface area contributed by atoms with E-state index < -0.39 is 0 Å². The number of Topliss-reactive ketones (excluding diaryl/α,β-unsaturated/α-hetero) is 1. The normalized spacial score (nSPS) is 20.1. The van der Waals surface area contributed by atoms with E-state index in [4.69, 9.17) is 21.7 Å². The molecular weight excluding hydrogens is 336 g/mol. The average molecular weight is 360 g/mol. The Morgan fingerprint density at radius 1 is 1.28 bits per heavy atom. The molecule has 0 amide bonds. The number of carbonyl (C=O) groups excluding carboxylic acids is 1. The largest absolute Gasteiger partial charge is 0.493 e. The van der Waals surface area contributed by atoms with Gasteiger partial charge >= 0.3 is 0 Å². The molecule has 1 aliphatic heterocycles. The van der Waals surface area contributed by atoms with Crippen molar-refractivity contribution in [2.24, 2.45) is 5.92 Å². The van der Waals surface area contributed by atoms with Crippen LogP contribution < -0.4 is 20.1 Å². The molecule has 1 aromatic rings. The van der Waals surface area contributed by atoms with E-state index in [1.165, 1.54) is 0 Å². The van der Waals surface area contributed by atoms with Gasteiger partial charge in [-0.25, -0.2) is 0 Å². The van der Waals surface area contributed by atoms with Crippen molar-refractivity contribution in [3.05, 3.63) is 35.0 Å². The van der Waals surface area contributed by atoms with Gasteiger partial charge in [0, 0.05) is 17.7 Å². The molecule has 3 rings (SSSR count). The molecule has 134 valence electrons. The lowest BCUT2D eigenvalue weighted by molar-refractivity contribution is -0.116. The van der Waals surface area contributed by atoms with Crippen LogP contribution in [0.4, 0.5) is 0 Å². The fraction of sp³-hybridized carbons (Fsp3) is 0.474. The van der Waals surface area contributed by atoms with Gasteiger partial charge in [0.05, 0.1) is 19.8 Å². The molecule has 0 bridgehead atoms. The zero-order valence-electron chi connectivity index (χ0n) is 14.8. The highest BCUT2D eigenvalue weighted by Crippen LogP contribution is 2.37. The highest BCUT2D eigenvalue weighted by Gasteiger charge is 2.33. The average Bonchev–Trinajstić information content (AvgIpc) is 2.59. The van der Waals surface area contributed by atoms with Crippen molar-refractivity contribution < 1.29 is 14.3 Å². The molecule has 25 heavy (non-hydrogen) atoms. The second-order valence-corrected chi connectivity index (χ2v) is 7.22. The summed E-state index contributed by atoms with van der Waals surface area (Å²) >= 11 is 5.32. The summed E-state index contributed by atoms with van der Waals surface area (Å²) in [6.07, 6.45) is 2.30. The number of allylic oxidation sites excluding steroid dienone is 1. The Hall–Kier alpha value is -2.08. The minimum Gasteiger partial charge on any atom is -0.493 e. The summed E-state index contributed by atoms with van der Waals surface area (Å²) in [7, 11) is 1.62. The molecule has 0 saturated heterocycles. The van der Waals surface area contributed by atoms with Crippen molar-refractivity contribution >= 4 is 23.1 Å². The Bertz CT molecular complexity index is 727. The van der Waals surface area contributed by atoms with Crippen molar-refractivity contribution in [2.45, 2.75) is 39.2 Å². The molecule has 2 aliphatic rings. The third-order valence-electron chi connectivity index (χ3n) is 4.38. The molecule has 0 fully saturated rings. The summed E-state index contributed by atoms with van der Waals surface area (Å²) in [5.41, 5.74) is 2.68. The highest BCUT2D eigenvalue weighted by atomic mass is 32.1. The van der Waals surface area contributed by atoms with E-state index in [9.17, 15) is 4.79 Å². The first-order chi connectivity index (χ1) is 12.0. The van der Waals surface area contributed by atoms with Gasteiger partial charge in [0.15, 0.2) is 22.4 Å². The van der Waals surface area contributed by atoms with Crippen molar-refractivity contribution in [2.75, 3.05) is 13.7 Å². The van der Waals surface area contributed by atoms with E-state index >= 15 is 0 Å². The maximum Gasteiger partial charge on any atom is 0.171 e. The molecule has 2 N–H and O–H groups in total. The second-order valence-electron chi connectivity index (χ2n) is 6.82. The molecule has 1 unspecified atom stereocenters. The quantitative estimate of drug-likeness (QED) is 0.786. The number of ketones is 1. The molecule has 5 nitrogen and oxygen atoms in total. The van der Waals surface area contributed by atoms with E-state index in [2.05, 4.69) is 24.5 Å². The van der Waals surface area contributed by atoms with Crippen molar-refractivity contribution in [1.82, 2.24) is 10.6 Å². The Morgan fingerprint density at radius 2 is 2.08 bits per heavy atom. The Kier molecular flexibility index (Phi) is 5.27. The van der Waals surface area contributed by atoms with Crippen LogP contribution in [0.25, 0.3) is 0 Å². The first-order valence-electron chi connectivity index (χ1n) is 8.64. The zero-order chi connectivity index (χ0) is 18.0. The third kappa shape index (κ3) is 3.79. The number of nitrogens with one attached hydrogen (secondary N) is 2.